The van der Waals surface area contributed by atoms with Gasteiger partial charge in [0.1, 0.15) is 0 Å². The number of anilines is 2. The van der Waals surface area contributed by atoms with E-state index in [1.807, 2.05) is 37.3 Å². The Bertz CT molecular complexity index is 853. The number of primary amides is 1. The van der Waals surface area contributed by atoms with Crippen molar-refractivity contribution in [2.24, 2.45) is 5.73 Å². The van der Waals surface area contributed by atoms with Crippen LogP contribution in [0.25, 0.3) is 0 Å². The third-order valence-corrected chi connectivity index (χ3v) is 4.42. The molecule has 0 aliphatic rings. The number of hydrogen-bond donors (Lipinski definition) is 3. The van der Waals surface area contributed by atoms with E-state index in [9.17, 15) is 9.59 Å². The zero-order valence-electron chi connectivity index (χ0n) is 15.4. The van der Waals surface area contributed by atoms with Crippen LogP contribution in [0.3, 0.4) is 0 Å². The monoisotopic (exact) mass is 364 g/mol. The molecule has 0 heterocycles. The zero-order valence-corrected chi connectivity index (χ0v) is 15.4. The van der Waals surface area contributed by atoms with E-state index >= 15 is 0 Å². The van der Waals surface area contributed by atoms with Crippen molar-refractivity contribution in [3.63, 3.8) is 0 Å². The summed E-state index contributed by atoms with van der Waals surface area (Å²) < 4.78 is 0. The number of nitrogens with zero attached hydrogens (tertiary/aromatic N) is 1. The zero-order chi connectivity index (χ0) is 19.8. The fraction of sp³-hybridized carbons (Fsp3) is 0.286. The van der Waals surface area contributed by atoms with E-state index in [0.29, 0.717) is 42.5 Å². The number of nitrogens with one attached hydrogen (secondary N) is 1. The van der Waals surface area contributed by atoms with Crippen LogP contribution in [0.2, 0.25) is 0 Å². The molecule has 2 amide bonds. The highest BCUT2D eigenvalue weighted by molar-refractivity contribution is 5.90. The highest BCUT2D eigenvalue weighted by Crippen LogP contribution is 2.28. The fourth-order valence-electron chi connectivity index (χ4n) is 2.89. The van der Waals surface area contributed by atoms with Gasteiger partial charge in [-0.1, -0.05) is 24.1 Å². The fourth-order valence-corrected chi connectivity index (χ4v) is 2.89. The summed E-state index contributed by atoms with van der Waals surface area (Å²) >= 11 is 0. The van der Waals surface area contributed by atoms with Gasteiger partial charge < -0.3 is 16.8 Å². The van der Waals surface area contributed by atoms with E-state index in [0.717, 1.165) is 11.3 Å². The average Bonchev–Trinajstić information content (AvgIpc) is 2.64. The first-order chi connectivity index (χ1) is 12.9. The molecule has 0 bridgehead atoms. The van der Waals surface area contributed by atoms with Crippen LogP contribution in [0.4, 0.5) is 11.4 Å². The molecule has 0 fully saturated rings. The number of rotatable bonds is 8. The summed E-state index contributed by atoms with van der Waals surface area (Å²) in [4.78, 5) is 23.9. The van der Waals surface area contributed by atoms with Crippen LogP contribution in [0.5, 0.6) is 0 Å². The second-order valence-corrected chi connectivity index (χ2v) is 6.57. The van der Waals surface area contributed by atoms with Gasteiger partial charge in [-0.05, 0) is 55.7 Å². The van der Waals surface area contributed by atoms with E-state index in [1.54, 1.807) is 18.2 Å². The van der Waals surface area contributed by atoms with E-state index in [1.165, 1.54) is 0 Å². The van der Waals surface area contributed by atoms with Gasteiger partial charge in [-0.15, -0.1) is 0 Å². The quantitative estimate of drug-likeness (QED) is 0.491. The molecular weight excluding hydrogens is 340 g/mol. The summed E-state index contributed by atoms with van der Waals surface area (Å²) in [6, 6.07) is 14.5. The van der Waals surface area contributed by atoms with E-state index in [2.05, 4.69) is 5.32 Å². The third-order valence-electron chi connectivity index (χ3n) is 4.42. The highest BCUT2D eigenvalue weighted by Gasteiger charge is 2.20. The van der Waals surface area contributed by atoms with Crippen molar-refractivity contribution in [3.05, 3.63) is 59.2 Å². The van der Waals surface area contributed by atoms with E-state index < -0.39 is 11.8 Å². The average molecular weight is 364 g/mol. The van der Waals surface area contributed by atoms with Gasteiger partial charge in [0, 0.05) is 17.8 Å². The minimum atomic E-state index is -0.571. The number of carbonyl (C=O) groups is 2. The number of aryl methyl sites for hydroxylation is 1. The van der Waals surface area contributed by atoms with Gasteiger partial charge in [-0.25, -0.2) is 0 Å². The second kappa shape index (κ2) is 9.39. The van der Waals surface area contributed by atoms with Gasteiger partial charge in [0.05, 0.1) is 17.6 Å². The van der Waals surface area contributed by atoms with Crippen LogP contribution in [0.15, 0.2) is 42.5 Å². The van der Waals surface area contributed by atoms with Gasteiger partial charge in [0.2, 0.25) is 11.8 Å². The largest absolute Gasteiger partial charge is 0.398 e. The Kier molecular flexibility index (Phi) is 6.95. The van der Waals surface area contributed by atoms with E-state index in [4.69, 9.17) is 16.7 Å². The molecule has 0 spiro atoms. The first-order valence-corrected chi connectivity index (χ1v) is 8.86. The molecule has 2 aromatic rings. The minimum Gasteiger partial charge on any atom is -0.398 e. The lowest BCUT2D eigenvalue weighted by Gasteiger charge is -2.16. The van der Waals surface area contributed by atoms with Crippen LogP contribution >= 0.6 is 0 Å². The van der Waals surface area contributed by atoms with Gasteiger partial charge in [-0.2, -0.15) is 5.26 Å². The molecule has 2 rings (SSSR count). The Hall–Kier alpha value is -3.33. The summed E-state index contributed by atoms with van der Waals surface area (Å²) in [5.41, 5.74) is 14.8. The van der Waals surface area contributed by atoms with Crippen LogP contribution in [0, 0.1) is 18.3 Å². The number of hydrogen-bond acceptors (Lipinski definition) is 4. The standard InChI is InChI=1S/C21H24N4O2/c1-14-6-9-16(10-7-14)25-20(26)5-3-2-4-17(21(24)27)18-12-15(13-22)8-11-19(18)23/h6-12,17H,2-5,23H2,1H3,(H2,24,27)(H,25,26). The molecule has 0 aromatic heterocycles. The molecule has 140 valence electrons. The predicted octanol–water partition coefficient (Wildman–Crippen LogP) is 3.22. The van der Waals surface area contributed by atoms with Crippen molar-refractivity contribution in [3.8, 4) is 6.07 Å². The predicted molar refractivity (Wildman–Crippen MR) is 106 cm³/mol. The number of benzene rings is 2. The number of unbranched alkanes of at least 4 members (excludes halogenated alkanes) is 1. The third kappa shape index (κ3) is 5.86. The van der Waals surface area contributed by atoms with Crippen molar-refractivity contribution >= 4 is 23.2 Å². The summed E-state index contributed by atoms with van der Waals surface area (Å²) in [5.74, 6) is -1.13. The molecule has 2 aromatic carbocycles. The van der Waals surface area contributed by atoms with Gasteiger partial charge in [0.15, 0.2) is 0 Å². The molecule has 0 saturated carbocycles. The Morgan fingerprint density at radius 2 is 1.85 bits per heavy atom. The maximum absolute atomic E-state index is 12.0. The Morgan fingerprint density at radius 3 is 2.48 bits per heavy atom. The van der Waals surface area contributed by atoms with Crippen LogP contribution in [-0.4, -0.2) is 11.8 Å². The first-order valence-electron chi connectivity index (χ1n) is 8.86. The number of nitrogens with two attached hydrogens (primary N) is 2. The molecule has 0 aliphatic heterocycles. The molecule has 0 aliphatic carbocycles. The molecule has 0 saturated heterocycles. The van der Waals surface area contributed by atoms with Crippen molar-refractivity contribution < 1.29 is 9.59 Å². The lowest BCUT2D eigenvalue weighted by atomic mass is 9.90. The molecular formula is C21H24N4O2. The SMILES string of the molecule is Cc1ccc(NC(=O)CCCCC(C(N)=O)c2cc(C#N)ccc2N)cc1. The van der Waals surface area contributed by atoms with Gasteiger partial charge in [-0.3, -0.25) is 9.59 Å². The highest BCUT2D eigenvalue weighted by atomic mass is 16.2. The smallest absolute Gasteiger partial charge is 0.225 e. The second-order valence-electron chi connectivity index (χ2n) is 6.57. The summed E-state index contributed by atoms with van der Waals surface area (Å²) in [7, 11) is 0. The summed E-state index contributed by atoms with van der Waals surface area (Å²) in [6.45, 7) is 1.99. The molecule has 27 heavy (non-hydrogen) atoms. The molecule has 0 radical (unpaired) electrons. The van der Waals surface area contributed by atoms with Gasteiger partial charge in [0.25, 0.3) is 0 Å². The number of amides is 2. The molecule has 1 atom stereocenters. The van der Waals surface area contributed by atoms with Crippen molar-refractivity contribution in [2.75, 3.05) is 11.1 Å². The Labute approximate surface area is 159 Å². The van der Waals surface area contributed by atoms with Crippen LogP contribution < -0.4 is 16.8 Å². The molecule has 1 unspecified atom stereocenters. The Morgan fingerprint density at radius 1 is 1.15 bits per heavy atom. The van der Waals surface area contributed by atoms with Crippen LogP contribution in [0.1, 0.15) is 48.3 Å². The number of carbonyl (C=O) groups excluding carboxylic acids is 2. The summed E-state index contributed by atoms with van der Waals surface area (Å²) in [6.07, 6.45) is 2.10. The lowest BCUT2D eigenvalue weighted by molar-refractivity contribution is -0.119. The van der Waals surface area contributed by atoms with Crippen molar-refractivity contribution in [1.82, 2.24) is 0 Å². The van der Waals surface area contributed by atoms with Gasteiger partial charge >= 0.3 is 0 Å². The number of nitrogen functional groups attached to an aromatic ring is 1. The maximum Gasteiger partial charge on any atom is 0.225 e. The molecule has 5 N–H and O–H groups in total. The molecule has 6 heteroatoms. The minimum absolute atomic E-state index is 0.0690. The van der Waals surface area contributed by atoms with E-state index in [-0.39, 0.29) is 5.91 Å². The Balaban J connectivity index is 1.88. The lowest BCUT2D eigenvalue weighted by Crippen LogP contribution is -2.22. The van der Waals surface area contributed by atoms with Crippen molar-refractivity contribution in [1.29, 1.82) is 5.26 Å². The maximum atomic E-state index is 12.0. The first kappa shape index (κ1) is 20.0. The van der Waals surface area contributed by atoms with Crippen molar-refractivity contribution in [2.45, 2.75) is 38.5 Å². The molecule has 6 nitrogen and oxygen atoms in total. The normalized spacial score (nSPS) is 11.4. The van der Waals surface area contributed by atoms with Crippen LogP contribution in [-0.2, 0) is 9.59 Å². The topological polar surface area (TPSA) is 122 Å². The number of nitriles is 1. The summed E-state index contributed by atoms with van der Waals surface area (Å²) in [5, 5.41) is 11.9.